The van der Waals surface area contributed by atoms with E-state index >= 15 is 0 Å². The lowest BCUT2D eigenvalue weighted by Gasteiger charge is -2.26. The summed E-state index contributed by atoms with van der Waals surface area (Å²) in [7, 11) is -3.40. The summed E-state index contributed by atoms with van der Waals surface area (Å²) < 4.78 is 33.5. The van der Waals surface area contributed by atoms with Crippen LogP contribution >= 0.6 is 0 Å². The lowest BCUT2D eigenvalue weighted by Crippen LogP contribution is -2.40. The summed E-state index contributed by atoms with van der Waals surface area (Å²) in [5.41, 5.74) is 1.07. The monoisotopic (exact) mass is 323 g/mol. The number of hydrogen-bond acceptors (Lipinski definition) is 3. The molecule has 0 N–H and O–H groups in total. The number of nitrogens with zero attached hydrogens (tertiary/aromatic N) is 1. The van der Waals surface area contributed by atoms with Crippen LogP contribution in [0.3, 0.4) is 0 Å². The number of fused-ring (bicyclic) bond motifs is 2. The Balaban J connectivity index is 1.80. The van der Waals surface area contributed by atoms with Crippen molar-refractivity contribution in [1.82, 2.24) is 4.31 Å². The molecule has 3 atom stereocenters. The van der Waals surface area contributed by atoms with Crippen molar-refractivity contribution in [3.05, 3.63) is 29.8 Å². The molecule has 2 bridgehead atoms. The Morgan fingerprint density at radius 3 is 2.55 bits per heavy atom. The van der Waals surface area contributed by atoms with E-state index in [1.54, 1.807) is 16.4 Å². The van der Waals surface area contributed by atoms with Crippen LogP contribution in [0, 0.1) is 18.8 Å². The van der Waals surface area contributed by atoms with Crippen LogP contribution in [-0.4, -0.2) is 38.0 Å². The summed E-state index contributed by atoms with van der Waals surface area (Å²) in [5, 5.41) is 0. The van der Waals surface area contributed by atoms with Crippen molar-refractivity contribution in [3.8, 4) is 0 Å². The van der Waals surface area contributed by atoms with Gasteiger partial charge in [0.15, 0.2) is 0 Å². The fourth-order valence-electron chi connectivity index (χ4n) is 3.57. The Morgan fingerprint density at radius 2 is 1.91 bits per heavy atom. The largest absolute Gasteiger partial charge is 0.376 e. The Kier molecular flexibility index (Phi) is 4.32. The molecule has 3 rings (SSSR count). The smallest absolute Gasteiger partial charge is 0.243 e. The molecule has 2 fully saturated rings. The van der Waals surface area contributed by atoms with Crippen molar-refractivity contribution in [2.24, 2.45) is 11.8 Å². The molecule has 0 aromatic heterocycles. The molecule has 1 aromatic rings. The zero-order chi connectivity index (χ0) is 15.9. The van der Waals surface area contributed by atoms with E-state index in [2.05, 4.69) is 13.8 Å². The molecule has 1 aromatic carbocycles. The molecule has 1 aliphatic carbocycles. The van der Waals surface area contributed by atoms with E-state index in [9.17, 15) is 8.42 Å². The van der Waals surface area contributed by atoms with Gasteiger partial charge in [0.05, 0.1) is 17.0 Å². The van der Waals surface area contributed by atoms with E-state index in [4.69, 9.17) is 4.74 Å². The predicted octanol–water partition coefficient (Wildman–Crippen LogP) is 2.82. The third-order valence-electron chi connectivity index (χ3n) is 4.71. The van der Waals surface area contributed by atoms with Gasteiger partial charge in [-0.25, -0.2) is 8.42 Å². The van der Waals surface area contributed by atoms with Gasteiger partial charge in [0.2, 0.25) is 10.0 Å². The first-order chi connectivity index (χ1) is 10.4. The highest BCUT2D eigenvalue weighted by Gasteiger charge is 2.52. The first kappa shape index (κ1) is 16.0. The SMILES string of the molecule is Cc1ccc(S(=O)(=O)N2C[C@H]3CC[C@H]2[C@@H]3OCC(C)C)cc1. The molecule has 1 aliphatic heterocycles. The number of hydrogen-bond donors (Lipinski definition) is 0. The van der Waals surface area contributed by atoms with Gasteiger partial charge in [-0.2, -0.15) is 4.31 Å². The van der Waals surface area contributed by atoms with E-state index in [0.29, 0.717) is 29.9 Å². The highest BCUT2D eigenvalue weighted by molar-refractivity contribution is 7.89. The zero-order valence-corrected chi connectivity index (χ0v) is 14.3. The standard InChI is InChI=1S/C17H25NO3S/c1-12(2)11-21-17-14-6-9-16(17)18(10-14)22(19,20)15-7-4-13(3)5-8-15/h4-5,7-8,12,14,16-17H,6,9-11H2,1-3H3/t14-,16+,17-/m1/s1. The molecule has 0 spiro atoms. The van der Waals surface area contributed by atoms with Crippen molar-refractivity contribution in [1.29, 1.82) is 0 Å². The fourth-order valence-corrected chi connectivity index (χ4v) is 5.29. The average Bonchev–Trinajstić information content (AvgIpc) is 3.02. The van der Waals surface area contributed by atoms with Crippen LogP contribution < -0.4 is 0 Å². The van der Waals surface area contributed by atoms with Gasteiger partial charge in [-0.3, -0.25) is 0 Å². The molecular formula is C17H25NO3S. The lowest BCUT2D eigenvalue weighted by atomic mass is 10.1. The Hall–Kier alpha value is -0.910. The first-order valence-electron chi connectivity index (χ1n) is 8.09. The van der Waals surface area contributed by atoms with Gasteiger partial charge < -0.3 is 4.74 Å². The number of ether oxygens (including phenoxy) is 1. The van der Waals surface area contributed by atoms with Crippen LogP contribution in [0.2, 0.25) is 0 Å². The van der Waals surface area contributed by atoms with E-state index < -0.39 is 10.0 Å². The number of aryl methyl sites for hydroxylation is 1. The molecule has 1 heterocycles. The molecule has 0 amide bonds. The minimum absolute atomic E-state index is 0.00931. The van der Waals surface area contributed by atoms with Crippen molar-refractivity contribution >= 4 is 10.0 Å². The summed E-state index contributed by atoms with van der Waals surface area (Å²) in [6, 6.07) is 7.14. The number of rotatable bonds is 5. The minimum Gasteiger partial charge on any atom is -0.376 e. The van der Waals surface area contributed by atoms with Crippen LogP contribution in [0.15, 0.2) is 29.2 Å². The van der Waals surface area contributed by atoms with Crippen molar-refractivity contribution < 1.29 is 13.2 Å². The molecule has 1 saturated carbocycles. The van der Waals surface area contributed by atoms with Gasteiger partial charge >= 0.3 is 0 Å². The van der Waals surface area contributed by atoms with Crippen LogP contribution in [-0.2, 0) is 14.8 Å². The molecule has 0 unspecified atom stereocenters. The number of sulfonamides is 1. The van der Waals surface area contributed by atoms with Crippen molar-refractivity contribution in [3.63, 3.8) is 0 Å². The van der Waals surface area contributed by atoms with Crippen LogP contribution in [0.25, 0.3) is 0 Å². The molecule has 4 nitrogen and oxygen atoms in total. The molecular weight excluding hydrogens is 298 g/mol. The van der Waals surface area contributed by atoms with Crippen LogP contribution in [0.4, 0.5) is 0 Å². The average molecular weight is 323 g/mol. The second-order valence-corrected chi connectivity index (χ2v) is 8.87. The zero-order valence-electron chi connectivity index (χ0n) is 13.5. The molecule has 122 valence electrons. The summed E-state index contributed by atoms with van der Waals surface area (Å²) >= 11 is 0. The van der Waals surface area contributed by atoms with E-state index in [-0.39, 0.29) is 12.1 Å². The highest BCUT2D eigenvalue weighted by atomic mass is 32.2. The Bertz CT molecular complexity index is 624. The topological polar surface area (TPSA) is 46.6 Å². The number of piperidine rings is 1. The van der Waals surface area contributed by atoms with E-state index in [1.807, 2.05) is 19.1 Å². The third-order valence-corrected chi connectivity index (χ3v) is 6.62. The second-order valence-electron chi connectivity index (χ2n) is 6.98. The van der Waals surface area contributed by atoms with Gasteiger partial charge in [-0.15, -0.1) is 0 Å². The predicted molar refractivity (Wildman–Crippen MR) is 86.2 cm³/mol. The maximum absolute atomic E-state index is 12.9. The maximum Gasteiger partial charge on any atom is 0.243 e. The highest BCUT2D eigenvalue weighted by Crippen LogP contribution is 2.42. The van der Waals surface area contributed by atoms with Crippen LogP contribution in [0.1, 0.15) is 32.3 Å². The van der Waals surface area contributed by atoms with E-state index in [1.165, 1.54) is 0 Å². The quantitative estimate of drug-likeness (QED) is 0.837. The Labute approximate surface area is 133 Å². The summed E-state index contributed by atoms with van der Waals surface area (Å²) in [6.45, 7) is 7.51. The molecule has 0 radical (unpaired) electrons. The van der Waals surface area contributed by atoms with Crippen molar-refractivity contribution in [2.75, 3.05) is 13.2 Å². The van der Waals surface area contributed by atoms with Crippen molar-refractivity contribution in [2.45, 2.75) is 50.7 Å². The van der Waals surface area contributed by atoms with Crippen LogP contribution in [0.5, 0.6) is 0 Å². The summed E-state index contributed by atoms with van der Waals surface area (Å²) in [5.74, 6) is 0.825. The summed E-state index contributed by atoms with van der Waals surface area (Å²) in [6.07, 6.45) is 2.06. The van der Waals surface area contributed by atoms with Gasteiger partial charge in [-0.1, -0.05) is 31.5 Å². The van der Waals surface area contributed by atoms with Gasteiger partial charge in [0.1, 0.15) is 0 Å². The summed E-state index contributed by atoms with van der Waals surface area (Å²) in [4.78, 5) is 0.397. The third kappa shape index (κ3) is 2.82. The Morgan fingerprint density at radius 1 is 1.23 bits per heavy atom. The first-order valence-corrected chi connectivity index (χ1v) is 9.53. The normalized spacial score (nSPS) is 28.6. The number of benzene rings is 1. The van der Waals surface area contributed by atoms with Gasteiger partial charge in [0, 0.05) is 19.1 Å². The molecule has 5 heteroatoms. The maximum atomic E-state index is 12.9. The molecule has 22 heavy (non-hydrogen) atoms. The lowest BCUT2D eigenvalue weighted by molar-refractivity contribution is 0.0182. The van der Waals surface area contributed by atoms with Gasteiger partial charge in [-0.05, 0) is 37.8 Å². The van der Waals surface area contributed by atoms with Gasteiger partial charge in [0.25, 0.3) is 0 Å². The minimum atomic E-state index is -3.40. The second kappa shape index (κ2) is 5.95. The van der Waals surface area contributed by atoms with E-state index in [0.717, 1.165) is 18.4 Å². The molecule has 2 aliphatic rings. The fraction of sp³-hybridized carbons (Fsp3) is 0.647. The molecule has 1 saturated heterocycles.